The monoisotopic (exact) mass is 467 g/mol. The quantitative estimate of drug-likeness (QED) is 0.332. The summed E-state index contributed by atoms with van der Waals surface area (Å²) < 4.78 is 5.38. The molecule has 0 unspecified atom stereocenters. The maximum absolute atomic E-state index is 13.1. The zero-order valence-corrected chi connectivity index (χ0v) is 18.5. The zero-order valence-electron chi connectivity index (χ0n) is 17.7. The maximum Gasteiger partial charge on any atom is 0.336 e. The Hall–Kier alpha value is -3.45. The van der Waals surface area contributed by atoms with E-state index < -0.39 is 17.5 Å². The van der Waals surface area contributed by atoms with Gasteiger partial charge >= 0.3 is 11.6 Å². The Bertz CT molecular complexity index is 1280. The Kier molecular flexibility index (Phi) is 6.60. The molecule has 170 valence electrons. The lowest BCUT2D eigenvalue weighted by atomic mass is 9.91. The van der Waals surface area contributed by atoms with Gasteiger partial charge in [0.05, 0.1) is 0 Å². The van der Waals surface area contributed by atoms with E-state index in [4.69, 9.17) is 21.1 Å². The lowest BCUT2D eigenvalue weighted by molar-refractivity contribution is -0.141. The Morgan fingerprint density at radius 3 is 2.70 bits per heavy atom. The first-order chi connectivity index (χ1) is 15.9. The van der Waals surface area contributed by atoms with Gasteiger partial charge in [0, 0.05) is 47.1 Å². The Balaban J connectivity index is 1.68. The van der Waals surface area contributed by atoms with E-state index in [-0.39, 0.29) is 23.8 Å². The molecule has 0 saturated carbocycles. The number of benzene rings is 2. The van der Waals surface area contributed by atoms with E-state index in [1.807, 2.05) is 6.07 Å². The lowest BCUT2D eigenvalue weighted by Crippen LogP contribution is -2.43. The molecule has 1 amide bonds. The fourth-order valence-electron chi connectivity index (χ4n) is 4.43. The van der Waals surface area contributed by atoms with Crippen LogP contribution in [-0.2, 0) is 14.4 Å². The Morgan fingerprint density at radius 1 is 1.18 bits per heavy atom. The molecule has 2 aromatic carbocycles. The van der Waals surface area contributed by atoms with E-state index in [2.05, 4.69) is 0 Å². The second-order valence-corrected chi connectivity index (χ2v) is 8.63. The summed E-state index contributed by atoms with van der Waals surface area (Å²) in [6.07, 6.45) is 1.97. The summed E-state index contributed by atoms with van der Waals surface area (Å²) in [4.78, 5) is 49.9. The predicted octanol–water partition coefficient (Wildman–Crippen LogP) is 4.11. The van der Waals surface area contributed by atoms with Crippen LogP contribution in [0.3, 0.4) is 0 Å². The third kappa shape index (κ3) is 4.83. The molecule has 1 saturated heterocycles. The molecular weight excluding hydrogens is 446 g/mol. The number of halogens is 1. The summed E-state index contributed by atoms with van der Waals surface area (Å²) in [7, 11) is 0. The van der Waals surface area contributed by atoms with Gasteiger partial charge in [-0.15, -0.1) is 0 Å². The van der Waals surface area contributed by atoms with Crippen LogP contribution >= 0.6 is 11.6 Å². The smallest absolute Gasteiger partial charge is 0.336 e. The molecule has 0 spiro atoms. The zero-order chi connectivity index (χ0) is 23.5. The highest BCUT2D eigenvalue weighted by molar-refractivity contribution is 6.33. The van der Waals surface area contributed by atoms with Crippen LogP contribution in [0.5, 0.6) is 0 Å². The fourth-order valence-corrected chi connectivity index (χ4v) is 4.67. The predicted molar refractivity (Wildman–Crippen MR) is 123 cm³/mol. The number of aliphatic carboxylic acids is 1. The van der Waals surface area contributed by atoms with Crippen LogP contribution in [0.1, 0.15) is 30.7 Å². The number of fused-ring (bicyclic) bond motifs is 1. The van der Waals surface area contributed by atoms with E-state index in [9.17, 15) is 19.2 Å². The van der Waals surface area contributed by atoms with Gasteiger partial charge in [0.15, 0.2) is 0 Å². The first-order valence-corrected chi connectivity index (χ1v) is 11.0. The van der Waals surface area contributed by atoms with E-state index in [0.717, 1.165) is 6.42 Å². The van der Waals surface area contributed by atoms with Crippen molar-refractivity contribution in [2.24, 2.45) is 5.92 Å². The third-order valence-corrected chi connectivity index (χ3v) is 6.32. The summed E-state index contributed by atoms with van der Waals surface area (Å²) in [5.41, 5.74) is 1.35. The van der Waals surface area contributed by atoms with Crippen molar-refractivity contribution >= 4 is 40.7 Å². The summed E-state index contributed by atoms with van der Waals surface area (Å²) in [5, 5.41) is 10.2. The fraction of sp³-hybridized carbons (Fsp3) is 0.280. The number of carbonyl (C=O) groups is 3. The van der Waals surface area contributed by atoms with E-state index in [0.29, 0.717) is 52.9 Å². The number of hydrogen-bond donors (Lipinski definition) is 1. The number of carboxylic acids is 1. The van der Waals surface area contributed by atoms with Gasteiger partial charge < -0.3 is 19.2 Å². The summed E-state index contributed by atoms with van der Waals surface area (Å²) >= 11 is 6.32. The highest BCUT2D eigenvalue weighted by atomic mass is 35.5. The van der Waals surface area contributed by atoms with Gasteiger partial charge in [-0.25, -0.2) is 4.79 Å². The van der Waals surface area contributed by atoms with Crippen LogP contribution < -0.4 is 5.63 Å². The number of carbonyl (C=O) groups excluding carboxylic acids is 2. The highest BCUT2D eigenvalue weighted by Crippen LogP contribution is 2.34. The van der Waals surface area contributed by atoms with Gasteiger partial charge in [-0.05, 0) is 36.5 Å². The van der Waals surface area contributed by atoms with E-state index >= 15 is 0 Å². The molecule has 4 rings (SSSR count). The highest BCUT2D eigenvalue weighted by Gasteiger charge is 2.31. The van der Waals surface area contributed by atoms with Crippen LogP contribution in [0.4, 0.5) is 0 Å². The molecule has 1 N–H and O–H groups in total. The molecule has 0 aliphatic carbocycles. The first-order valence-electron chi connectivity index (χ1n) is 10.7. The second-order valence-electron chi connectivity index (χ2n) is 8.22. The van der Waals surface area contributed by atoms with Crippen molar-refractivity contribution in [3.05, 3.63) is 69.5 Å². The minimum Gasteiger partial charge on any atom is -0.481 e. The molecule has 8 heteroatoms. The average Bonchev–Trinajstić information content (AvgIpc) is 2.79. The van der Waals surface area contributed by atoms with Crippen LogP contribution in [0.2, 0.25) is 5.02 Å². The Labute approximate surface area is 194 Å². The second kappa shape index (κ2) is 9.58. The molecule has 1 aliphatic rings. The van der Waals surface area contributed by atoms with Crippen LogP contribution in [0.15, 0.2) is 57.7 Å². The van der Waals surface area contributed by atoms with Gasteiger partial charge in [0.25, 0.3) is 0 Å². The molecule has 2 heterocycles. The van der Waals surface area contributed by atoms with Gasteiger partial charge in [-0.1, -0.05) is 41.9 Å². The third-order valence-electron chi connectivity index (χ3n) is 5.99. The normalized spacial score (nSPS) is 17.0. The molecule has 0 bridgehead atoms. The van der Waals surface area contributed by atoms with Gasteiger partial charge in [-0.2, -0.15) is 0 Å². The van der Waals surface area contributed by atoms with Gasteiger partial charge in [0.2, 0.25) is 5.91 Å². The molecule has 33 heavy (non-hydrogen) atoms. The van der Waals surface area contributed by atoms with E-state index in [1.54, 1.807) is 35.2 Å². The number of hydrogen-bond acceptors (Lipinski definition) is 5. The van der Waals surface area contributed by atoms with Crippen LogP contribution in [-0.4, -0.2) is 41.3 Å². The van der Waals surface area contributed by atoms with Crippen molar-refractivity contribution in [2.75, 3.05) is 13.1 Å². The van der Waals surface area contributed by atoms with Crippen LogP contribution in [0, 0.1) is 5.92 Å². The number of aldehydes is 1. The van der Waals surface area contributed by atoms with Crippen molar-refractivity contribution in [1.29, 1.82) is 0 Å². The molecule has 7 nitrogen and oxygen atoms in total. The standard InChI is InChI=1S/C25H22ClNO6/c26-21-6-2-1-5-17(21)19-12-24(31)33-22-11-16(7-8-18(19)22)20(14-28)25(32)27-9-3-4-15(13-27)10-23(29)30/h1-2,5-8,11-12,14-15,20H,3-4,9-10,13H2,(H,29,30)/t15-,20+/m1/s1. The molecular formula is C25H22ClNO6. The average molecular weight is 468 g/mol. The van der Waals surface area contributed by atoms with Crippen molar-refractivity contribution in [3.63, 3.8) is 0 Å². The van der Waals surface area contributed by atoms with E-state index in [1.165, 1.54) is 12.1 Å². The molecule has 2 atom stereocenters. The number of rotatable bonds is 6. The van der Waals surface area contributed by atoms with Crippen LogP contribution in [0.25, 0.3) is 22.1 Å². The molecule has 1 fully saturated rings. The minimum atomic E-state index is -1.08. The molecule has 0 radical (unpaired) electrons. The Morgan fingerprint density at radius 2 is 1.97 bits per heavy atom. The molecule has 1 aliphatic heterocycles. The largest absolute Gasteiger partial charge is 0.481 e. The lowest BCUT2D eigenvalue weighted by Gasteiger charge is -2.33. The number of likely N-dealkylation sites (tertiary alicyclic amines) is 1. The first kappa shape index (κ1) is 22.7. The SMILES string of the molecule is O=C[C@H](C(=O)N1CCC[C@H](CC(=O)O)C1)c1ccc2c(-c3ccccc3Cl)cc(=O)oc2c1. The van der Waals surface area contributed by atoms with Crippen molar-refractivity contribution < 1.29 is 23.9 Å². The number of piperidine rings is 1. The van der Waals surface area contributed by atoms with Crippen molar-refractivity contribution in [3.8, 4) is 11.1 Å². The van der Waals surface area contributed by atoms with Gasteiger partial charge in [0.1, 0.15) is 17.8 Å². The van der Waals surface area contributed by atoms with Crippen molar-refractivity contribution in [2.45, 2.75) is 25.2 Å². The molecule has 3 aromatic rings. The number of amides is 1. The topological polar surface area (TPSA) is 105 Å². The van der Waals surface area contributed by atoms with Crippen molar-refractivity contribution in [1.82, 2.24) is 4.90 Å². The summed E-state index contributed by atoms with van der Waals surface area (Å²) in [6, 6.07) is 13.4. The number of nitrogens with zero attached hydrogens (tertiary/aromatic N) is 1. The number of carboxylic acid groups (broad SMARTS) is 1. The minimum absolute atomic E-state index is 0.0124. The molecule has 1 aromatic heterocycles. The summed E-state index contributed by atoms with van der Waals surface area (Å²) in [5.74, 6) is -2.50. The van der Waals surface area contributed by atoms with Gasteiger partial charge in [-0.3, -0.25) is 9.59 Å². The maximum atomic E-state index is 13.1. The summed E-state index contributed by atoms with van der Waals surface area (Å²) in [6.45, 7) is 0.771.